The first-order chi connectivity index (χ1) is 9.74. The number of hydrogen-bond acceptors (Lipinski definition) is 3. The minimum absolute atomic E-state index is 0.150. The summed E-state index contributed by atoms with van der Waals surface area (Å²) in [6.45, 7) is 0. The van der Waals surface area contributed by atoms with E-state index in [2.05, 4.69) is 16.8 Å². The van der Waals surface area contributed by atoms with Gasteiger partial charge in [0.2, 0.25) is 0 Å². The van der Waals surface area contributed by atoms with Crippen molar-refractivity contribution in [2.45, 2.75) is 25.3 Å². The Hall–Kier alpha value is -1.94. The van der Waals surface area contributed by atoms with E-state index in [1.165, 1.54) is 11.3 Å². The molecule has 0 fully saturated rings. The highest BCUT2D eigenvalue weighted by molar-refractivity contribution is 5.53. The van der Waals surface area contributed by atoms with Crippen LogP contribution in [0.1, 0.15) is 30.1 Å². The van der Waals surface area contributed by atoms with E-state index in [4.69, 9.17) is 15.2 Å². The molecule has 0 radical (unpaired) electrons. The summed E-state index contributed by atoms with van der Waals surface area (Å²) in [5.74, 6) is 1.66. The molecule has 0 bridgehead atoms. The average Bonchev–Trinajstić information content (AvgIpc) is 2.92. The molecule has 0 aliphatic heterocycles. The van der Waals surface area contributed by atoms with Gasteiger partial charge in [0.1, 0.15) is 11.5 Å². The summed E-state index contributed by atoms with van der Waals surface area (Å²) < 4.78 is 13.0. The topological polar surface area (TPSA) is 49.4 Å². The number of ether oxygens (including phenoxy) is 2. The van der Waals surface area contributed by atoms with Crippen molar-refractivity contribution in [3.05, 3.63) is 41.7 Å². The minimum atomic E-state index is 0.150. The molecule has 4 nitrogen and oxygen atoms in total. The Labute approximate surface area is 119 Å². The van der Waals surface area contributed by atoms with E-state index in [0.717, 1.165) is 36.4 Å². The van der Waals surface area contributed by atoms with Gasteiger partial charge in [-0.1, -0.05) is 0 Å². The van der Waals surface area contributed by atoms with Crippen LogP contribution in [0.2, 0.25) is 0 Å². The molecule has 1 aliphatic rings. The van der Waals surface area contributed by atoms with Gasteiger partial charge in [-0.2, -0.15) is 0 Å². The molecule has 1 unspecified atom stereocenters. The smallest absolute Gasteiger partial charge is 0.143 e. The van der Waals surface area contributed by atoms with Crippen molar-refractivity contribution < 1.29 is 9.47 Å². The first-order valence-electron chi connectivity index (χ1n) is 6.92. The molecule has 0 saturated heterocycles. The van der Waals surface area contributed by atoms with Crippen molar-refractivity contribution in [1.82, 2.24) is 4.57 Å². The number of benzene rings is 1. The largest absolute Gasteiger partial charge is 0.497 e. The van der Waals surface area contributed by atoms with Gasteiger partial charge in [0.15, 0.2) is 0 Å². The molecule has 0 saturated carbocycles. The van der Waals surface area contributed by atoms with Gasteiger partial charge in [-0.05, 0) is 43.0 Å². The van der Waals surface area contributed by atoms with Crippen LogP contribution >= 0.6 is 0 Å². The van der Waals surface area contributed by atoms with Gasteiger partial charge < -0.3 is 19.8 Å². The second-order valence-corrected chi connectivity index (χ2v) is 5.12. The first-order valence-corrected chi connectivity index (χ1v) is 6.92. The second-order valence-electron chi connectivity index (χ2n) is 5.12. The fourth-order valence-corrected chi connectivity index (χ4v) is 2.94. The van der Waals surface area contributed by atoms with Crippen LogP contribution in [0.15, 0.2) is 30.5 Å². The standard InChI is InChI=1S/C16H20N2O2/c1-19-11-6-7-16(20-2)15(10-11)18-9-8-12-13(17)4-3-5-14(12)18/h6-10,13H,3-5,17H2,1-2H3. The Morgan fingerprint density at radius 1 is 1.20 bits per heavy atom. The molecule has 1 heterocycles. The van der Waals surface area contributed by atoms with Crippen molar-refractivity contribution in [2.24, 2.45) is 5.73 Å². The Balaban J connectivity index is 2.13. The molecule has 0 spiro atoms. The molecule has 20 heavy (non-hydrogen) atoms. The van der Waals surface area contributed by atoms with Crippen LogP contribution in [-0.2, 0) is 6.42 Å². The number of methoxy groups -OCH3 is 2. The maximum atomic E-state index is 6.20. The molecule has 1 atom stereocenters. The van der Waals surface area contributed by atoms with E-state index < -0.39 is 0 Å². The summed E-state index contributed by atoms with van der Waals surface area (Å²) >= 11 is 0. The van der Waals surface area contributed by atoms with Gasteiger partial charge in [-0.25, -0.2) is 0 Å². The highest BCUT2D eigenvalue weighted by Gasteiger charge is 2.22. The van der Waals surface area contributed by atoms with Crippen LogP contribution in [-0.4, -0.2) is 18.8 Å². The number of fused-ring (bicyclic) bond motifs is 1. The molecule has 2 aromatic rings. The van der Waals surface area contributed by atoms with E-state index in [0.29, 0.717) is 0 Å². The molecule has 0 amide bonds. The van der Waals surface area contributed by atoms with Crippen molar-refractivity contribution in [2.75, 3.05) is 14.2 Å². The molecule has 106 valence electrons. The summed E-state index contributed by atoms with van der Waals surface area (Å²) in [6, 6.07) is 8.11. The lowest BCUT2D eigenvalue weighted by Gasteiger charge is -2.22. The Morgan fingerprint density at radius 2 is 2.05 bits per heavy atom. The van der Waals surface area contributed by atoms with E-state index in [1.807, 2.05) is 18.2 Å². The number of nitrogens with two attached hydrogens (primary N) is 1. The number of rotatable bonds is 3. The predicted molar refractivity (Wildman–Crippen MR) is 78.7 cm³/mol. The van der Waals surface area contributed by atoms with E-state index >= 15 is 0 Å². The van der Waals surface area contributed by atoms with Crippen LogP contribution < -0.4 is 15.2 Å². The maximum Gasteiger partial charge on any atom is 0.143 e. The van der Waals surface area contributed by atoms with Crippen LogP contribution in [0.3, 0.4) is 0 Å². The van der Waals surface area contributed by atoms with Crippen molar-refractivity contribution in [3.63, 3.8) is 0 Å². The van der Waals surface area contributed by atoms with Gasteiger partial charge in [0.05, 0.1) is 19.9 Å². The molecule has 1 aromatic heterocycles. The van der Waals surface area contributed by atoms with E-state index in [9.17, 15) is 0 Å². The predicted octanol–water partition coefficient (Wildman–Crippen LogP) is 2.83. The molecule has 2 N–H and O–H groups in total. The molecule has 3 rings (SSSR count). The number of nitrogens with zero attached hydrogens (tertiary/aromatic N) is 1. The zero-order valence-corrected chi connectivity index (χ0v) is 11.9. The molecule has 1 aliphatic carbocycles. The van der Waals surface area contributed by atoms with Crippen LogP contribution in [0.5, 0.6) is 11.5 Å². The van der Waals surface area contributed by atoms with Crippen LogP contribution in [0.4, 0.5) is 0 Å². The minimum Gasteiger partial charge on any atom is -0.497 e. The van der Waals surface area contributed by atoms with Crippen LogP contribution in [0.25, 0.3) is 5.69 Å². The lowest BCUT2D eigenvalue weighted by atomic mass is 9.93. The van der Waals surface area contributed by atoms with Gasteiger partial charge in [-0.15, -0.1) is 0 Å². The fourth-order valence-electron chi connectivity index (χ4n) is 2.94. The monoisotopic (exact) mass is 272 g/mol. The molecular weight excluding hydrogens is 252 g/mol. The fraction of sp³-hybridized carbons (Fsp3) is 0.375. The first kappa shape index (κ1) is 13.1. The number of hydrogen-bond donors (Lipinski definition) is 1. The van der Waals surface area contributed by atoms with Gasteiger partial charge >= 0.3 is 0 Å². The van der Waals surface area contributed by atoms with Gasteiger partial charge in [0, 0.05) is 24.0 Å². The van der Waals surface area contributed by atoms with Crippen molar-refractivity contribution in [3.8, 4) is 17.2 Å². The Kier molecular flexibility index (Phi) is 3.40. The summed E-state index contributed by atoms with van der Waals surface area (Å²) in [5.41, 5.74) is 9.74. The third-order valence-electron chi connectivity index (χ3n) is 4.00. The third kappa shape index (κ3) is 2.06. The average molecular weight is 272 g/mol. The summed E-state index contributed by atoms with van der Waals surface area (Å²) in [4.78, 5) is 0. The highest BCUT2D eigenvalue weighted by Crippen LogP contribution is 2.34. The van der Waals surface area contributed by atoms with Crippen molar-refractivity contribution >= 4 is 0 Å². The van der Waals surface area contributed by atoms with E-state index in [1.54, 1.807) is 14.2 Å². The summed E-state index contributed by atoms with van der Waals surface area (Å²) in [5, 5.41) is 0. The zero-order valence-electron chi connectivity index (χ0n) is 11.9. The van der Waals surface area contributed by atoms with Gasteiger partial charge in [-0.3, -0.25) is 0 Å². The molecule has 4 heteroatoms. The Morgan fingerprint density at radius 3 is 2.80 bits per heavy atom. The van der Waals surface area contributed by atoms with Gasteiger partial charge in [0.25, 0.3) is 0 Å². The molecular formula is C16H20N2O2. The summed E-state index contributed by atoms with van der Waals surface area (Å²) in [7, 11) is 3.36. The van der Waals surface area contributed by atoms with E-state index in [-0.39, 0.29) is 6.04 Å². The van der Waals surface area contributed by atoms with Crippen LogP contribution in [0, 0.1) is 0 Å². The maximum absolute atomic E-state index is 6.20. The Bertz CT molecular complexity index is 619. The summed E-state index contributed by atoms with van der Waals surface area (Å²) in [6.07, 6.45) is 5.32. The number of aromatic nitrogens is 1. The molecule has 1 aromatic carbocycles. The quantitative estimate of drug-likeness (QED) is 0.934. The highest BCUT2D eigenvalue weighted by atomic mass is 16.5. The lowest BCUT2D eigenvalue weighted by molar-refractivity contribution is 0.401. The SMILES string of the molecule is COc1ccc(OC)c(-n2ccc3c2CCCC3N)c1. The third-order valence-corrected chi connectivity index (χ3v) is 4.00. The normalized spacial score (nSPS) is 17.6. The van der Waals surface area contributed by atoms with Crippen molar-refractivity contribution in [1.29, 1.82) is 0 Å². The zero-order chi connectivity index (χ0) is 14.1. The lowest BCUT2D eigenvalue weighted by Crippen LogP contribution is -2.18. The second kappa shape index (κ2) is 5.21.